The number of nitrogens with zero attached hydrogens (tertiary/aromatic N) is 2. The number of nitrogens with one attached hydrogen (secondary N) is 1. The second-order valence-corrected chi connectivity index (χ2v) is 8.30. The van der Waals surface area contributed by atoms with Gasteiger partial charge in [0, 0.05) is 38.2 Å². The van der Waals surface area contributed by atoms with Crippen LogP contribution < -0.4 is 5.32 Å². The summed E-state index contributed by atoms with van der Waals surface area (Å²) in [5.41, 5.74) is 1.72. The van der Waals surface area contributed by atoms with Crippen molar-refractivity contribution in [1.82, 2.24) is 9.80 Å². The van der Waals surface area contributed by atoms with Crippen molar-refractivity contribution >= 4 is 23.4 Å². The van der Waals surface area contributed by atoms with Crippen molar-refractivity contribution in [3.63, 3.8) is 0 Å². The molecule has 0 bridgehead atoms. The van der Waals surface area contributed by atoms with Gasteiger partial charge in [0.25, 0.3) is 0 Å². The number of carbonyl (C=O) groups excluding carboxylic acids is 3. The number of hydrogen-bond donors (Lipinski definition) is 1. The molecule has 2 fully saturated rings. The molecular formula is C22H31N3O3. The van der Waals surface area contributed by atoms with Crippen molar-refractivity contribution in [2.24, 2.45) is 5.92 Å². The van der Waals surface area contributed by atoms with Crippen LogP contribution in [0.15, 0.2) is 24.3 Å². The minimum absolute atomic E-state index is 0.0772. The first-order valence-electron chi connectivity index (χ1n) is 10.4. The molecule has 0 aliphatic carbocycles. The molecule has 1 N–H and O–H groups in total. The molecule has 0 saturated carbocycles. The van der Waals surface area contributed by atoms with Gasteiger partial charge in [0.2, 0.25) is 17.7 Å². The van der Waals surface area contributed by atoms with Crippen LogP contribution in [0.3, 0.4) is 0 Å². The van der Waals surface area contributed by atoms with Gasteiger partial charge in [0.05, 0.1) is 0 Å². The Morgan fingerprint density at radius 2 is 1.86 bits per heavy atom. The van der Waals surface area contributed by atoms with Crippen LogP contribution in [-0.2, 0) is 20.9 Å². The minimum Gasteiger partial charge on any atom is -0.338 e. The number of rotatable bonds is 7. The Balaban J connectivity index is 1.69. The van der Waals surface area contributed by atoms with E-state index in [1.165, 1.54) is 0 Å². The van der Waals surface area contributed by atoms with E-state index in [0.717, 1.165) is 31.4 Å². The fourth-order valence-corrected chi connectivity index (χ4v) is 4.04. The summed E-state index contributed by atoms with van der Waals surface area (Å²) >= 11 is 0. The molecule has 6 nitrogen and oxygen atoms in total. The molecule has 0 aromatic heterocycles. The number of hydrogen-bond acceptors (Lipinski definition) is 3. The SMILES string of the molecule is CC(C)CC(C(=O)Nc1cccc(CN2CCCC2=O)c1)N1CCCCC1=O. The third-order valence-electron chi connectivity index (χ3n) is 5.47. The molecule has 3 amide bonds. The maximum atomic E-state index is 13.0. The molecule has 0 spiro atoms. The minimum atomic E-state index is -0.434. The lowest BCUT2D eigenvalue weighted by Crippen LogP contribution is -2.49. The first-order chi connectivity index (χ1) is 13.4. The zero-order valence-corrected chi connectivity index (χ0v) is 16.9. The predicted octanol–water partition coefficient (Wildman–Crippen LogP) is 3.17. The van der Waals surface area contributed by atoms with E-state index in [1.807, 2.05) is 29.2 Å². The summed E-state index contributed by atoms with van der Waals surface area (Å²) < 4.78 is 0. The molecule has 3 rings (SSSR count). The smallest absolute Gasteiger partial charge is 0.247 e. The molecule has 6 heteroatoms. The van der Waals surface area contributed by atoms with Crippen LogP contribution in [0.1, 0.15) is 57.9 Å². The summed E-state index contributed by atoms with van der Waals surface area (Å²) in [7, 11) is 0. The van der Waals surface area contributed by atoms with E-state index >= 15 is 0 Å². The van der Waals surface area contributed by atoms with Crippen molar-refractivity contribution < 1.29 is 14.4 Å². The highest BCUT2D eigenvalue weighted by atomic mass is 16.2. The third kappa shape index (κ3) is 5.12. The maximum Gasteiger partial charge on any atom is 0.247 e. The van der Waals surface area contributed by atoms with Crippen LogP contribution >= 0.6 is 0 Å². The summed E-state index contributed by atoms with van der Waals surface area (Å²) in [6.07, 6.45) is 4.57. The van der Waals surface area contributed by atoms with E-state index in [9.17, 15) is 14.4 Å². The number of amides is 3. The topological polar surface area (TPSA) is 69.7 Å². The van der Waals surface area contributed by atoms with Crippen LogP contribution in [-0.4, -0.2) is 46.7 Å². The molecular weight excluding hydrogens is 354 g/mol. The Morgan fingerprint density at radius 3 is 2.54 bits per heavy atom. The summed E-state index contributed by atoms with van der Waals surface area (Å²) in [6, 6.07) is 7.22. The lowest BCUT2D eigenvalue weighted by Gasteiger charge is -2.34. The van der Waals surface area contributed by atoms with Crippen LogP contribution in [0.2, 0.25) is 0 Å². The van der Waals surface area contributed by atoms with Crippen LogP contribution in [0.25, 0.3) is 0 Å². The van der Waals surface area contributed by atoms with Gasteiger partial charge < -0.3 is 15.1 Å². The van der Waals surface area contributed by atoms with Crippen LogP contribution in [0.4, 0.5) is 5.69 Å². The average Bonchev–Trinajstić information content (AvgIpc) is 3.05. The summed E-state index contributed by atoms with van der Waals surface area (Å²) in [6.45, 7) is 6.16. The number of likely N-dealkylation sites (tertiary alicyclic amines) is 2. The zero-order chi connectivity index (χ0) is 20.1. The zero-order valence-electron chi connectivity index (χ0n) is 16.9. The maximum absolute atomic E-state index is 13.0. The van der Waals surface area contributed by atoms with Crippen molar-refractivity contribution in [2.75, 3.05) is 18.4 Å². The molecule has 1 atom stereocenters. The molecule has 2 aliphatic heterocycles. The molecule has 2 heterocycles. The van der Waals surface area contributed by atoms with Gasteiger partial charge in [-0.1, -0.05) is 26.0 Å². The van der Waals surface area contributed by atoms with Crippen molar-refractivity contribution in [3.8, 4) is 0 Å². The Bertz CT molecular complexity index is 731. The van der Waals surface area contributed by atoms with Crippen molar-refractivity contribution in [1.29, 1.82) is 0 Å². The van der Waals surface area contributed by atoms with Gasteiger partial charge in [-0.25, -0.2) is 0 Å². The Labute approximate surface area is 167 Å². The summed E-state index contributed by atoms with van der Waals surface area (Å²) in [5, 5.41) is 3.01. The Hall–Kier alpha value is -2.37. The molecule has 1 unspecified atom stereocenters. The van der Waals surface area contributed by atoms with Gasteiger partial charge in [0.15, 0.2) is 0 Å². The fraction of sp³-hybridized carbons (Fsp3) is 0.591. The first kappa shape index (κ1) is 20.4. The third-order valence-corrected chi connectivity index (χ3v) is 5.47. The highest BCUT2D eigenvalue weighted by Gasteiger charge is 2.32. The van der Waals surface area contributed by atoms with E-state index in [0.29, 0.717) is 44.0 Å². The van der Waals surface area contributed by atoms with E-state index < -0.39 is 6.04 Å². The number of carbonyl (C=O) groups is 3. The van der Waals surface area contributed by atoms with Gasteiger partial charge in [-0.15, -0.1) is 0 Å². The monoisotopic (exact) mass is 385 g/mol. The number of piperidine rings is 1. The molecule has 0 radical (unpaired) electrons. The molecule has 28 heavy (non-hydrogen) atoms. The molecule has 1 aromatic rings. The van der Waals surface area contributed by atoms with Crippen molar-refractivity contribution in [3.05, 3.63) is 29.8 Å². The standard InChI is InChI=1S/C22H31N3O3/c1-16(2)13-19(25-12-4-3-9-21(25)27)22(28)23-18-8-5-7-17(14-18)15-24-11-6-10-20(24)26/h5,7-8,14,16,19H,3-4,6,9-13,15H2,1-2H3,(H,23,28). The quantitative estimate of drug-likeness (QED) is 0.784. The normalized spacial score (nSPS) is 18.7. The highest BCUT2D eigenvalue weighted by Crippen LogP contribution is 2.22. The number of anilines is 1. The summed E-state index contributed by atoms with van der Waals surface area (Å²) in [4.78, 5) is 40.9. The second kappa shape index (κ2) is 9.22. The largest absolute Gasteiger partial charge is 0.338 e. The van der Waals surface area contributed by atoms with Gasteiger partial charge in [-0.3, -0.25) is 14.4 Å². The molecule has 152 valence electrons. The average molecular weight is 386 g/mol. The van der Waals surface area contributed by atoms with Crippen LogP contribution in [0, 0.1) is 5.92 Å². The van der Waals surface area contributed by atoms with Gasteiger partial charge in [-0.2, -0.15) is 0 Å². The van der Waals surface area contributed by atoms with E-state index in [4.69, 9.17) is 0 Å². The lowest BCUT2D eigenvalue weighted by atomic mass is 9.98. The predicted molar refractivity (Wildman–Crippen MR) is 109 cm³/mol. The van der Waals surface area contributed by atoms with Gasteiger partial charge >= 0.3 is 0 Å². The van der Waals surface area contributed by atoms with Gasteiger partial charge in [0.1, 0.15) is 6.04 Å². The fourth-order valence-electron chi connectivity index (χ4n) is 4.04. The summed E-state index contributed by atoms with van der Waals surface area (Å²) in [5.74, 6) is 0.458. The van der Waals surface area contributed by atoms with E-state index in [2.05, 4.69) is 19.2 Å². The molecule has 1 aromatic carbocycles. The molecule has 2 saturated heterocycles. The molecule has 2 aliphatic rings. The number of benzene rings is 1. The van der Waals surface area contributed by atoms with Crippen molar-refractivity contribution in [2.45, 2.75) is 65.0 Å². The second-order valence-electron chi connectivity index (χ2n) is 8.30. The lowest BCUT2D eigenvalue weighted by molar-refractivity contribution is -0.141. The Kier molecular flexibility index (Phi) is 6.70. The van der Waals surface area contributed by atoms with Gasteiger partial charge in [-0.05, 0) is 49.3 Å². The first-order valence-corrected chi connectivity index (χ1v) is 10.4. The highest BCUT2D eigenvalue weighted by molar-refractivity contribution is 5.97. The van der Waals surface area contributed by atoms with E-state index in [1.54, 1.807) is 4.90 Å². The van der Waals surface area contributed by atoms with Crippen LogP contribution in [0.5, 0.6) is 0 Å². The Morgan fingerprint density at radius 1 is 1.07 bits per heavy atom. The van der Waals surface area contributed by atoms with E-state index in [-0.39, 0.29) is 17.7 Å².